The Morgan fingerprint density at radius 1 is 1.16 bits per heavy atom. The molecule has 1 aliphatic rings. The summed E-state index contributed by atoms with van der Waals surface area (Å²) < 4.78 is 0. The van der Waals surface area contributed by atoms with Crippen LogP contribution in [0, 0.1) is 0 Å². The molecular weight excluding hydrogens is 262 g/mol. The summed E-state index contributed by atoms with van der Waals surface area (Å²) in [5.74, 6) is -0.205. The lowest BCUT2D eigenvalue weighted by molar-refractivity contribution is -0.115. The van der Waals surface area contributed by atoms with Crippen LogP contribution in [0.2, 0.25) is 5.02 Å². The fourth-order valence-corrected chi connectivity index (χ4v) is 2.42. The van der Waals surface area contributed by atoms with E-state index in [1.54, 1.807) is 36.4 Å². The third-order valence-corrected chi connectivity index (χ3v) is 3.41. The summed E-state index contributed by atoms with van der Waals surface area (Å²) in [5, 5.41) is 3.07. The van der Waals surface area contributed by atoms with Crippen molar-refractivity contribution >= 4 is 29.0 Å². The molecular formula is C15H10ClNO2. The second-order valence-electron chi connectivity index (χ2n) is 4.41. The molecule has 3 rings (SSSR count). The van der Waals surface area contributed by atoms with Gasteiger partial charge in [0, 0.05) is 16.8 Å². The first-order chi connectivity index (χ1) is 9.15. The van der Waals surface area contributed by atoms with E-state index < -0.39 is 0 Å². The average Bonchev–Trinajstić information content (AvgIpc) is 2.77. The van der Waals surface area contributed by atoms with Gasteiger partial charge in [0.2, 0.25) is 5.91 Å². The molecule has 0 aliphatic carbocycles. The van der Waals surface area contributed by atoms with Crippen molar-refractivity contribution in [2.75, 3.05) is 5.32 Å². The molecule has 2 aromatic carbocycles. The minimum Gasteiger partial charge on any atom is -0.325 e. The molecule has 0 unspecified atom stereocenters. The van der Waals surface area contributed by atoms with Crippen LogP contribution in [-0.4, -0.2) is 11.7 Å². The Balaban J connectivity index is 2.05. The van der Waals surface area contributed by atoms with Crippen molar-refractivity contribution in [1.82, 2.24) is 0 Å². The van der Waals surface area contributed by atoms with Crippen LogP contribution < -0.4 is 5.32 Å². The number of amides is 1. The molecule has 0 atom stereocenters. The number of nitrogens with one attached hydrogen (secondary N) is 1. The lowest BCUT2D eigenvalue weighted by atomic mass is 10.00. The van der Waals surface area contributed by atoms with Crippen LogP contribution >= 0.6 is 11.6 Å². The predicted octanol–water partition coefficient (Wildman–Crippen LogP) is 3.07. The van der Waals surface area contributed by atoms with E-state index in [9.17, 15) is 9.59 Å². The topological polar surface area (TPSA) is 46.2 Å². The van der Waals surface area contributed by atoms with Gasteiger partial charge in [0.25, 0.3) is 0 Å². The minimum absolute atomic E-state index is 0.0737. The van der Waals surface area contributed by atoms with Gasteiger partial charge in [-0.1, -0.05) is 41.9 Å². The fourth-order valence-electron chi connectivity index (χ4n) is 2.17. The molecule has 0 spiro atoms. The molecule has 0 aromatic heterocycles. The standard InChI is InChI=1S/C15H10ClNO2/c16-12-8-13-10(7-14(18)17-13)6-11(12)15(19)9-4-2-1-3-5-9/h1-6,8H,7H2,(H,17,18). The van der Waals surface area contributed by atoms with Gasteiger partial charge in [-0.05, 0) is 17.7 Å². The van der Waals surface area contributed by atoms with Crippen LogP contribution in [0.1, 0.15) is 21.5 Å². The van der Waals surface area contributed by atoms with E-state index in [-0.39, 0.29) is 11.7 Å². The molecule has 0 saturated heterocycles. The maximum atomic E-state index is 12.4. The maximum Gasteiger partial charge on any atom is 0.228 e. The Morgan fingerprint density at radius 3 is 2.63 bits per heavy atom. The molecule has 3 nitrogen and oxygen atoms in total. The SMILES string of the molecule is O=C1Cc2cc(C(=O)c3ccccc3)c(Cl)cc2N1. The van der Waals surface area contributed by atoms with Gasteiger partial charge in [-0.2, -0.15) is 0 Å². The zero-order chi connectivity index (χ0) is 13.4. The van der Waals surface area contributed by atoms with Crippen LogP contribution in [0.25, 0.3) is 0 Å². The molecule has 0 saturated carbocycles. The monoisotopic (exact) mass is 271 g/mol. The van der Waals surface area contributed by atoms with Crippen molar-refractivity contribution in [3.05, 3.63) is 64.2 Å². The predicted molar refractivity (Wildman–Crippen MR) is 73.7 cm³/mol. The first-order valence-electron chi connectivity index (χ1n) is 5.87. The molecule has 4 heteroatoms. The van der Waals surface area contributed by atoms with Gasteiger partial charge in [-0.3, -0.25) is 9.59 Å². The van der Waals surface area contributed by atoms with Crippen molar-refractivity contribution in [2.24, 2.45) is 0 Å². The van der Waals surface area contributed by atoms with Gasteiger partial charge in [0.15, 0.2) is 5.78 Å². The van der Waals surface area contributed by atoms with Gasteiger partial charge in [-0.15, -0.1) is 0 Å². The van der Waals surface area contributed by atoms with Crippen molar-refractivity contribution < 1.29 is 9.59 Å². The highest BCUT2D eigenvalue weighted by molar-refractivity contribution is 6.35. The van der Waals surface area contributed by atoms with Crippen molar-refractivity contribution in [2.45, 2.75) is 6.42 Å². The van der Waals surface area contributed by atoms with E-state index in [2.05, 4.69) is 5.32 Å². The highest BCUT2D eigenvalue weighted by Crippen LogP contribution is 2.30. The normalized spacial score (nSPS) is 13.0. The van der Waals surface area contributed by atoms with E-state index in [0.717, 1.165) is 5.56 Å². The summed E-state index contributed by atoms with van der Waals surface area (Å²) in [6.45, 7) is 0. The zero-order valence-corrected chi connectivity index (χ0v) is 10.7. The molecule has 1 N–H and O–H groups in total. The summed E-state index contributed by atoms with van der Waals surface area (Å²) >= 11 is 6.13. The molecule has 0 fully saturated rings. The summed E-state index contributed by atoms with van der Waals surface area (Å²) in [7, 11) is 0. The third kappa shape index (κ3) is 2.13. The first kappa shape index (κ1) is 11.9. The number of carbonyl (C=O) groups excluding carboxylic acids is 2. The second-order valence-corrected chi connectivity index (χ2v) is 4.82. The molecule has 19 heavy (non-hydrogen) atoms. The Morgan fingerprint density at radius 2 is 1.89 bits per heavy atom. The number of rotatable bonds is 2. The number of hydrogen-bond donors (Lipinski definition) is 1. The number of fused-ring (bicyclic) bond motifs is 1. The molecule has 1 aliphatic heterocycles. The second kappa shape index (κ2) is 4.52. The van der Waals surface area contributed by atoms with Crippen LogP contribution in [0.3, 0.4) is 0 Å². The van der Waals surface area contributed by atoms with Gasteiger partial charge in [-0.25, -0.2) is 0 Å². The lowest BCUT2D eigenvalue weighted by Crippen LogP contribution is -2.03. The van der Waals surface area contributed by atoms with E-state index in [1.165, 1.54) is 0 Å². The maximum absolute atomic E-state index is 12.4. The van der Waals surface area contributed by atoms with Crippen LogP contribution in [0.15, 0.2) is 42.5 Å². The first-order valence-corrected chi connectivity index (χ1v) is 6.25. The molecule has 1 heterocycles. The quantitative estimate of drug-likeness (QED) is 0.853. The Kier molecular flexibility index (Phi) is 2.84. The Hall–Kier alpha value is -2.13. The fraction of sp³-hybridized carbons (Fsp3) is 0.0667. The van der Waals surface area contributed by atoms with Crippen LogP contribution in [0.4, 0.5) is 5.69 Å². The van der Waals surface area contributed by atoms with Gasteiger partial charge < -0.3 is 5.32 Å². The number of benzene rings is 2. The Labute approximate surface area is 115 Å². The number of anilines is 1. The molecule has 0 radical (unpaired) electrons. The van der Waals surface area contributed by atoms with Crippen LogP contribution in [0.5, 0.6) is 0 Å². The number of ketones is 1. The molecule has 1 amide bonds. The van der Waals surface area contributed by atoms with E-state index in [4.69, 9.17) is 11.6 Å². The lowest BCUT2D eigenvalue weighted by Gasteiger charge is -2.06. The zero-order valence-electron chi connectivity index (χ0n) is 9.94. The summed E-state index contributed by atoms with van der Waals surface area (Å²) in [4.78, 5) is 23.7. The number of halogens is 1. The van der Waals surface area contributed by atoms with Crippen LogP contribution in [-0.2, 0) is 11.2 Å². The summed E-state index contributed by atoms with van der Waals surface area (Å²) in [5.41, 5.74) is 2.53. The Bertz CT molecular complexity index is 680. The number of hydrogen-bond acceptors (Lipinski definition) is 2. The molecule has 0 bridgehead atoms. The molecule has 94 valence electrons. The van der Waals surface area contributed by atoms with E-state index >= 15 is 0 Å². The highest BCUT2D eigenvalue weighted by Gasteiger charge is 2.22. The summed E-state index contributed by atoms with van der Waals surface area (Å²) in [6, 6.07) is 12.3. The summed E-state index contributed by atoms with van der Waals surface area (Å²) in [6.07, 6.45) is 0.293. The minimum atomic E-state index is -0.132. The molecule has 2 aromatic rings. The van der Waals surface area contributed by atoms with Crippen molar-refractivity contribution in [1.29, 1.82) is 0 Å². The highest BCUT2D eigenvalue weighted by atomic mass is 35.5. The van der Waals surface area contributed by atoms with Crippen molar-refractivity contribution in [3.63, 3.8) is 0 Å². The van der Waals surface area contributed by atoms with Gasteiger partial charge in [0.05, 0.1) is 11.4 Å². The number of carbonyl (C=O) groups is 2. The average molecular weight is 272 g/mol. The van der Waals surface area contributed by atoms with Crippen molar-refractivity contribution in [3.8, 4) is 0 Å². The van der Waals surface area contributed by atoms with Gasteiger partial charge >= 0.3 is 0 Å². The third-order valence-electron chi connectivity index (χ3n) is 3.10. The van der Waals surface area contributed by atoms with E-state index in [0.29, 0.717) is 28.3 Å². The largest absolute Gasteiger partial charge is 0.325 e. The smallest absolute Gasteiger partial charge is 0.228 e. The van der Waals surface area contributed by atoms with E-state index in [1.807, 2.05) is 6.07 Å². The van der Waals surface area contributed by atoms with Gasteiger partial charge in [0.1, 0.15) is 0 Å².